The van der Waals surface area contributed by atoms with E-state index in [9.17, 15) is 19.4 Å². The number of halogens is 1. The Kier molecular flexibility index (Phi) is 10.2. The molecule has 0 unspecified atom stereocenters. The number of hydrogen-bond acceptors (Lipinski definition) is 4. The summed E-state index contributed by atoms with van der Waals surface area (Å²) in [5, 5.41) is 29.3. The molecule has 0 bridgehead atoms. The standard InChI is InChI=1S/C24H33FO5/c1-30-16-18-8-6-7-17(13-18)14-19(26)11-12-21-20(22(25)15-23(21)27)9-4-2-3-5-10-24(28)29/h2,4,6-8,11-13,19-23,26-27H,3,5,9-10,14-16H2,1H3,(H,28,29)/t19-,20+,21+,22-,23+/m0/s1. The van der Waals surface area contributed by atoms with Crippen LogP contribution in [0.2, 0.25) is 0 Å². The first-order chi connectivity index (χ1) is 14.4. The van der Waals surface area contributed by atoms with Gasteiger partial charge in [0.25, 0.3) is 0 Å². The summed E-state index contributed by atoms with van der Waals surface area (Å²) in [6, 6.07) is 7.81. The molecule has 6 heteroatoms. The summed E-state index contributed by atoms with van der Waals surface area (Å²) in [5.41, 5.74) is 2.02. The summed E-state index contributed by atoms with van der Waals surface area (Å²) in [5.74, 6) is -1.51. The maximum atomic E-state index is 14.4. The first-order valence-corrected chi connectivity index (χ1v) is 10.5. The van der Waals surface area contributed by atoms with Crippen LogP contribution in [0.25, 0.3) is 0 Å². The van der Waals surface area contributed by atoms with Gasteiger partial charge in [0.1, 0.15) is 6.17 Å². The maximum absolute atomic E-state index is 14.4. The van der Waals surface area contributed by atoms with Gasteiger partial charge in [-0.2, -0.15) is 0 Å². The molecule has 0 radical (unpaired) electrons. The highest BCUT2D eigenvalue weighted by molar-refractivity contribution is 5.66. The zero-order chi connectivity index (χ0) is 21.9. The van der Waals surface area contributed by atoms with Crippen LogP contribution in [0.4, 0.5) is 4.39 Å². The predicted octanol–water partition coefficient (Wildman–Crippen LogP) is 3.83. The number of aliphatic carboxylic acids is 1. The van der Waals surface area contributed by atoms with E-state index in [4.69, 9.17) is 9.84 Å². The Labute approximate surface area is 177 Å². The van der Waals surface area contributed by atoms with Gasteiger partial charge in [0, 0.05) is 38.2 Å². The minimum atomic E-state index is -1.10. The van der Waals surface area contributed by atoms with Crippen LogP contribution in [0.3, 0.4) is 0 Å². The quantitative estimate of drug-likeness (QED) is 0.353. The molecule has 0 amide bonds. The molecule has 3 N–H and O–H groups in total. The second-order valence-electron chi connectivity index (χ2n) is 7.96. The number of alkyl halides is 1. The van der Waals surface area contributed by atoms with Crippen molar-refractivity contribution in [2.75, 3.05) is 7.11 Å². The van der Waals surface area contributed by atoms with Crippen molar-refractivity contribution in [1.82, 2.24) is 0 Å². The van der Waals surface area contributed by atoms with Gasteiger partial charge < -0.3 is 20.1 Å². The number of carboxylic acid groups (broad SMARTS) is 1. The summed E-state index contributed by atoms with van der Waals surface area (Å²) >= 11 is 0. The highest BCUT2D eigenvalue weighted by Crippen LogP contribution is 2.38. The van der Waals surface area contributed by atoms with Gasteiger partial charge in [0.15, 0.2) is 0 Å². The highest BCUT2D eigenvalue weighted by atomic mass is 19.1. The second kappa shape index (κ2) is 12.6. The number of carbonyl (C=O) groups is 1. The van der Waals surface area contributed by atoms with Crippen molar-refractivity contribution in [3.05, 3.63) is 59.7 Å². The van der Waals surface area contributed by atoms with Gasteiger partial charge in [0.05, 0.1) is 18.8 Å². The van der Waals surface area contributed by atoms with Crippen molar-refractivity contribution in [3.63, 3.8) is 0 Å². The van der Waals surface area contributed by atoms with E-state index in [-0.39, 0.29) is 24.7 Å². The first-order valence-electron chi connectivity index (χ1n) is 10.5. The zero-order valence-corrected chi connectivity index (χ0v) is 17.5. The molecule has 1 aliphatic rings. The van der Waals surface area contributed by atoms with E-state index in [0.29, 0.717) is 32.3 Å². The molecule has 1 aromatic carbocycles. The largest absolute Gasteiger partial charge is 0.481 e. The van der Waals surface area contributed by atoms with Gasteiger partial charge in [0.2, 0.25) is 0 Å². The average molecular weight is 421 g/mol. The van der Waals surface area contributed by atoms with Gasteiger partial charge in [-0.05, 0) is 30.4 Å². The molecule has 1 aromatic rings. The zero-order valence-electron chi connectivity index (χ0n) is 17.5. The summed E-state index contributed by atoms with van der Waals surface area (Å²) < 4.78 is 19.5. The lowest BCUT2D eigenvalue weighted by atomic mass is 9.89. The third-order valence-electron chi connectivity index (χ3n) is 5.51. The summed E-state index contributed by atoms with van der Waals surface area (Å²) in [7, 11) is 1.64. The monoisotopic (exact) mass is 420 g/mol. The predicted molar refractivity (Wildman–Crippen MR) is 114 cm³/mol. The lowest BCUT2D eigenvalue weighted by Gasteiger charge is -2.19. The molecule has 1 saturated carbocycles. The van der Waals surface area contributed by atoms with Crippen molar-refractivity contribution >= 4 is 5.97 Å². The van der Waals surface area contributed by atoms with Gasteiger partial charge in [-0.15, -0.1) is 0 Å². The van der Waals surface area contributed by atoms with Crippen LogP contribution in [0, 0.1) is 11.8 Å². The molecule has 5 nitrogen and oxygen atoms in total. The molecule has 166 valence electrons. The Morgan fingerprint density at radius 3 is 2.83 bits per heavy atom. The van der Waals surface area contributed by atoms with Crippen LogP contribution in [-0.2, 0) is 22.6 Å². The van der Waals surface area contributed by atoms with E-state index in [1.54, 1.807) is 19.3 Å². The fourth-order valence-corrected chi connectivity index (χ4v) is 3.99. The normalized spacial score (nSPS) is 25.3. The lowest BCUT2D eigenvalue weighted by Crippen LogP contribution is -2.19. The van der Waals surface area contributed by atoms with Gasteiger partial charge in [-0.3, -0.25) is 4.79 Å². The molecule has 0 aromatic heterocycles. The highest BCUT2D eigenvalue weighted by Gasteiger charge is 2.40. The molecule has 0 aliphatic heterocycles. The number of hydrogen-bond donors (Lipinski definition) is 3. The minimum Gasteiger partial charge on any atom is -0.481 e. The number of carboxylic acids is 1. The topological polar surface area (TPSA) is 87.0 Å². The Bertz CT molecular complexity index is 717. The van der Waals surface area contributed by atoms with Crippen molar-refractivity contribution in [2.24, 2.45) is 11.8 Å². The van der Waals surface area contributed by atoms with Crippen molar-refractivity contribution in [3.8, 4) is 0 Å². The Morgan fingerprint density at radius 1 is 1.33 bits per heavy atom. The molecular weight excluding hydrogens is 387 g/mol. The van der Waals surface area contributed by atoms with Crippen molar-refractivity contribution < 1.29 is 29.2 Å². The van der Waals surface area contributed by atoms with E-state index in [1.165, 1.54) is 0 Å². The third-order valence-corrected chi connectivity index (χ3v) is 5.51. The van der Waals surface area contributed by atoms with E-state index in [2.05, 4.69) is 0 Å². The molecule has 2 rings (SSSR count). The number of allylic oxidation sites excluding steroid dienone is 2. The van der Waals surface area contributed by atoms with E-state index < -0.39 is 24.3 Å². The fourth-order valence-electron chi connectivity index (χ4n) is 3.99. The number of aliphatic hydroxyl groups is 2. The van der Waals surface area contributed by atoms with Crippen molar-refractivity contribution in [2.45, 2.75) is 63.5 Å². The van der Waals surface area contributed by atoms with E-state index >= 15 is 0 Å². The average Bonchev–Trinajstić information content (AvgIpc) is 2.95. The molecular formula is C24H33FO5. The summed E-state index contributed by atoms with van der Waals surface area (Å²) in [6.45, 7) is 0.511. The number of benzene rings is 1. The van der Waals surface area contributed by atoms with Crippen LogP contribution in [0.15, 0.2) is 48.6 Å². The summed E-state index contributed by atoms with van der Waals surface area (Å²) in [4.78, 5) is 10.5. The van der Waals surface area contributed by atoms with Crippen LogP contribution >= 0.6 is 0 Å². The van der Waals surface area contributed by atoms with Crippen LogP contribution < -0.4 is 0 Å². The third kappa shape index (κ3) is 8.01. The van der Waals surface area contributed by atoms with Crippen LogP contribution in [0.1, 0.15) is 43.2 Å². The van der Waals surface area contributed by atoms with Gasteiger partial charge >= 0.3 is 5.97 Å². The van der Waals surface area contributed by atoms with Gasteiger partial charge in [-0.25, -0.2) is 4.39 Å². The molecule has 1 fully saturated rings. The van der Waals surface area contributed by atoms with Crippen molar-refractivity contribution in [1.29, 1.82) is 0 Å². The minimum absolute atomic E-state index is 0.0989. The Balaban J connectivity index is 1.89. The molecule has 30 heavy (non-hydrogen) atoms. The first kappa shape index (κ1) is 24.3. The number of rotatable bonds is 12. The fraction of sp³-hybridized carbons (Fsp3) is 0.542. The van der Waals surface area contributed by atoms with Crippen LogP contribution in [-0.4, -0.2) is 46.8 Å². The smallest absolute Gasteiger partial charge is 0.303 e. The molecule has 0 saturated heterocycles. The number of aliphatic hydroxyl groups excluding tert-OH is 2. The SMILES string of the molecule is COCc1cccc(C[C@@H](O)C=C[C@@H]2[C@@H](CC=CCCCC(=O)O)[C@@H](F)C[C@H]2O)c1. The number of ether oxygens (including phenoxy) is 1. The molecule has 0 spiro atoms. The Hall–Kier alpha value is -2.02. The lowest BCUT2D eigenvalue weighted by molar-refractivity contribution is -0.137. The number of methoxy groups -OCH3 is 1. The Morgan fingerprint density at radius 2 is 2.10 bits per heavy atom. The molecule has 5 atom stereocenters. The van der Waals surface area contributed by atoms with Gasteiger partial charge in [-0.1, -0.05) is 48.6 Å². The maximum Gasteiger partial charge on any atom is 0.303 e. The van der Waals surface area contributed by atoms with E-state index in [0.717, 1.165) is 11.1 Å². The molecule has 0 heterocycles. The van der Waals surface area contributed by atoms with E-state index in [1.807, 2.05) is 36.4 Å². The molecule has 1 aliphatic carbocycles. The van der Waals surface area contributed by atoms with Crippen LogP contribution in [0.5, 0.6) is 0 Å². The second-order valence-corrected chi connectivity index (χ2v) is 7.96. The number of unbranched alkanes of at least 4 members (excludes halogenated alkanes) is 1. The summed E-state index contributed by atoms with van der Waals surface area (Å²) in [6.07, 6.45) is 6.89.